The second kappa shape index (κ2) is 8.33. The summed E-state index contributed by atoms with van der Waals surface area (Å²) in [5.41, 5.74) is 1.15. The number of hydrogen-bond donors (Lipinski definition) is 1. The van der Waals surface area contributed by atoms with E-state index in [2.05, 4.69) is 30.4 Å². The maximum Gasteiger partial charge on any atom is 0.258 e. The zero-order valence-electron chi connectivity index (χ0n) is 14.7. The van der Waals surface area contributed by atoms with Crippen LogP contribution in [0.25, 0.3) is 5.95 Å². The lowest BCUT2D eigenvalue weighted by Gasteiger charge is -2.12. The SMILES string of the molecule is CCNc1nc(N(C)C)nc(-n2cnc(SCc3ccc(Cl)cc3)n2)n1. The van der Waals surface area contributed by atoms with Crippen molar-refractivity contribution in [2.24, 2.45) is 0 Å². The Bertz CT molecular complexity index is 865. The number of aromatic nitrogens is 6. The van der Waals surface area contributed by atoms with Gasteiger partial charge in [0.05, 0.1) is 0 Å². The molecule has 0 spiro atoms. The van der Waals surface area contributed by atoms with Gasteiger partial charge in [0.15, 0.2) is 0 Å². The van der Waals surface area contributed by atoms with E-state index in [1.807, 2.05) is 50.2 Å². The van der Waals surface area contributed by atoms with E-state index in [0.717, 1.165) is 22.9 Å². The Balaban J connectivity index is 1.77. The third-order valence-corrected chi connectivity index (χ3v) is 4.48. The number of thioether (sulfide) groups is 1. The van der Waals surface area contributed by atoms with Crippen LogP contribution >= 0.6 is 23.4 Å². The molecule has 0 fully saturated rings. The number of halogens is 1. The fourth-order valence-corrected chi connectivity index (χ4v) is 2.91. The molecule has 0 bridgehead atoms. The lowest BCUT2D eigenvalue weighted by molar-refractivity contribution is 0.764. The Morgan fingerprint density at radius 1 is 1.15 bits per heavy atom. The first kappa shape index (κ1) is 18.4. The Morgan fingerprint density at radius 2 is 1.92 bits per heavy atom. The standard InChI is InChI=1S/C16H19ClN8S/c1-4-18-13-20-14(24(2)3)22-15(21-13)25-10-19-16(23-25)26-9-11-5-7-12(17)8-6-11/h5-8,10H,4,9H2,1-3H3,(H,18,20,21,22). The molecule has 136 valence electrons. The molecule has 0 aliphatic heterocycles. The third kappa shape index (κ3) is 4.61. The van der Waals surface area contributed by atoms with Gasteiger partial charge < -0.3 is 10.2 Å². The minimum absolute atomic E-state index is 0.422. The molecule has 0 aliphatic rings. The van der Waals surface area contributed by atoms with Gasteiger partial charge in [0, 0.05) is 31.4 Å². The van der Waals surface area contributed by atoms with Crippen LogP contribution < -0.4 is 10.2 Å². The highest BCUT2D eigenvalue weighted by Crippen LogP contribution is 2.21. The highest BCUT2D eigenvalue weighted by Gasteiger charge is 2.12. The van der Waals surface area contributed by atoms with Crippen LogP contribution in [0, 0.1) is 0 Å². The Morgan fingerprint density at radius 3 is 2.62 bits per heavy atom. The van der Waals surface area contributed by atoms with Crippen LogP contribution in [-0.4, -0.2) is 50.4 Å². The Hall–Kier alpha value is -2.39. The van der Waals surface area contributed by atoms with Crippen molar-refractivity contribution in [1.82, 2.24) is 29.7 Å². The molecular weight excluding hydrogens is 372 g/mol. The number of nitrogens with zero attached hydrogens (tertiary/aromatic N) is 7. The summed E-state index contributed by atoms with van der Waals surface area (Å²) < 4.78 is 1.56. The summed E-state index contributed by atoms with van der Waals surface area (Å²) in [4.78, 5) is 19.3. The predicted octanol–water partition coefficient (Wildman–Crippen LogP) is 2.90. The molecule has 10 heteroatoms. The van der Waals surface area contributed by atoms with Crippen molar-refractivity contribution in [3.05, 3.63) is 41.2 Å². The molecule has 1 aromatic carbocycles. The monoisotopic (exact) mass is 390 g/mol. The van der Waals surface area contributed by atoms with Crippen molar-refractivity contribution in [3.8, 4) is 5.95 Å². The number of nitrogens with one attached hydrogen (secondary N) is 1. The van der Waals surface area contributed by atoms with E-state index in [1.165, 1.54) is 11.8 Å². The van der Waals surface area contributed by atoms with Gasteiger partial charge in [-0.15, -0.1) is 5.10 Å². The van der Waals surface area contributed by atoms with E-state index in [4.69, 9.17) is 11.6 Å². The summed E-state index contributed by atoms with van der Waals surface area (Å²) >= 11 is 7.44. The third-order valence-electron chi connectivity index (χ3n) is 3.30. The smallest absolute Gasteiger partial charge is 0.258 e. The summed E-state index contributed by atoms with van der Waals surface area (Å²) in [5, 5.41) is 8.94. The first-order valence-corrected chi connectivity index (χ1v) is 9.38. The summed E-state index contributed by atoms with van der Waals surface area (Å²) in [6.07, 6.45) is 1.61. The largest absolute Gasteiger partial charge is 0.354 e. The molecular formula is C16H19ClN8S. The Kier molecular flexibility index (Phi) is 5.89. The number of hydrogen-bond acceptors (Lipinski definition) is 8. The number of rotatable bonds is 7. The van der Waals surface area contributed by atoms with Gasteiger partial charge in [-0.05, 0) is 24.6 Å². The molecule has 0 aliphatic carbocycles. The van der Waals surface area contributed by atoms with E-state index in [-0.39, 0.29) is 0 Å². The normalized spacial score (nSPS) is 10.8. The van der Waals surface area contributed by atoms with E-state index in [0.29, 0.717) is 23.0 Å². The molecule has 2 aromatic heterocycles. The van der Waals surface area contributed by atoms with E-state index < -0.39 is 0 Å². The summed E-state index contributed by atoms with van der Waals surface area (Å²) in [6, 6.07) is 7.73. The zero-order chi connectivity index (χ0) is 18.5. The molecule has 0 saturated carbocycles. The van der Waals surface area contributed by atoms with Crippen molar-refractivity contribution in [2.45, 2.75) is 17.8 Å². The minimum Gasteiger partial charge on any atom is -0.354 e. The fourth-order valence-electron chi connectivity index (χ4n) is 2.03. The van der Waals surface area contributed by atoms with Gasteiger partial charge in [-0.2, -0.15) is 19.6 Å². The van der Waals surface area contributed by atoms with Crippen LogP contribution in [0.4, 0.5) is 11.9 Å². The van der Waals surface area contributed by atoms with Crippen molar-refractivity contribution in [1.29, 1.82) is 0 Å². The molecule has 2 heterocycles. The Labute approximate surface area is 161 Å². The zero-order valence-corrected chi connectivity index (χ0v) is 16.3. The fraction of sp³-hybridized carbons (Fsp3) is 0.312. The molecule has 0 atom stereocenters. The summed E-state index contributed by atoms with van der Waals surface area (Å²) in [7, 11) is 3.76. The molecule has 3 rings (SSSR count). The van der Waals surface area contributed by atoms with Crippen molar-refractivity contribution in [2.75, 3.05) is 30.9 Å². The van der Waals surface area contributed by atoms with Crippen LogP contribution in [0.5, 0.6) is 0 Å². The van der Waals surface area contributed by atoms with Gasteiger partial charge in [0.25, 0.3) is 5.95 Å². The van der Waals surface area contributed by atoms with Crippen LogP contribution in [-0.2, 0) is 5.75 Å². The van der Waals surface area contributed by atoms with E-state index >= 15 is 0 Å². The first-order valence-electron chi connectivity index (χ1n) is 8.01. The molecule has 0 unspecified atom stereocenters. The average Bonchev–Trinajstić information content (AvgIpc) is 3.10. The first-order chi connectivity index (χ1) is 12.5. The molecule has 1 N–H and O–H groups in total. The van der Waals surface area contributed by atoms with Gasteiger partial charge in [-0.1, -0.05) is 35.5 Å². The molecule has 26 heavy (non-hydrogen) atoms. The van der Waals surface area contributed by atoms with Gasteiger partial charge >= 0.3 is 0 Å². The van der Waals surface area contributed by atoms with Crippen LogP contribution in [0.1, 0.15) is 12.5 Å². The van der Waals surface area contributed by atoms with Gasteiger partial charge in [-0.25, -0.2) is 4.98 Å². The predicted molar refractivity (Wildman–Crippen MR) is 104 cm³/mol. The average molecular weight is 391 g/mol. The van der Waals surface area contributed by atoms with E-state index in [9.17, 15) is 0 Å². The highest BCUT2D eigenvalue weighted by molar-refractivity contribution is 7.98. The van der Waals surface area contributed by atoms with Crippen LogP contribution in [0.3, 0.4) is 0 Å². The quantitative estimate of drug-likeness (QED) is 0.616. The minimum atomic E-state index is 0.422. The molecule has 3 aromatic rings. The summed E-state index contributed by atoms with van der Waals surface area (Å²) in [5.74, 6) is 2.23. The van der Waals surface area contributed by atoms with Crippen LogP contribution in [0.2, 0.25) is 5.02 Å². The summed E-state index contributed by atoms with van der Waals surface area (Å²) in [6.45, 7) is 2.70. The maximum absolute atomic E-state index is 5.91. The molecule has 8 nitrogen and oxygen atoms in total. The van der Waals surface area contributed by atoms with Crippen molar-refractivity contribution in [3.63, 3.8) is 0 Å². The van der Waals surface area contributed by atoms with Crippen molar-refractivity contribution < 1.29 is 0 Å². The second-order valence-electron chi connectivity index (χ2n) is 5.57. The molecule has 0 radical (unpaired) electrons. The lowest BCUT2D eigenvalue weighted by atomic mass is 10.2. The molecule has 0 amide bonds. The highest BCUT2D eigenvalue weighted by atomic mass is 35.5. The number of benzene rings is 1. The number of anilines is 2. The molecule has 0 saturated heterocycles. The van der Waals surface area contributed by atoms with Crippen LogP contribution in [0.15, 0.2) is 35.7 Å². The lowest BCUT2D eigenvalue weighted by Crippen LogP contribution is -2.17. The van der Waals surface area contributed by atoms with Gasteiger partial charge in [0.1, 0.15) is 6.33 Å². The topological polar surface area (TPSA) is 84.7 Å². The second-order valence-corrected chi connectivity index (χ2v) is 6.95. The van der Waals surface area contributed by atoms with Gasteiger partial charge in [-0.3, -0.25) is 0 Å². The van der Waals surface area contributed by atoms with E-state index in [1.54, 1.807) is 11.0 Å². The van der Waals surface area contributed by atoms with Gasteiger partial charge in [0.2, 0.25) is 17.1 Å². The maximum atomic E-state index is 5.91. The van der Waals surface area contributed by atoms with Crippen molar-refractivity contribution >= 4 is 35.3 Å².